The molecule has 0 atom stereocenters. The number of nitrogens with one attached hydrogen (secondary N) is 1. The summed E-state index contributed by atoms with van der Waals surface area (Å²) in [5, 5.41) is 3.25. The Kier molecular flexibility index (Phi) is 5.13. The Hall–Kier alpha value is -1.24. The summed E-state index contributed by atoms with van der Waals surface area (Å²) in [6.45, 7) is 6.41. The number of hydrogen-bond acceptors (Lipinski definition) is 4. The van der Waals surface area contributed by atoms with Crippen LogP contribution in [-0.4, -0.2) is 30.8 Å². The molecule has 0 aliphatic carbocycles. The van der Waals surface area contributed by atoms with Crippen LogP contribution in [0.1, 0.15) is 32.4 Å². The van der Waals surface area contributed by atoms with E-state index in [0.717, 1.165) is 12.2 Å². The Morgan fingerprint density at radius 1 is 1.38 bits per heavy atom. The van der Waals surface area contributed by atoms with Crippen molar-refractivity contribution in [2.45, 2.75) is 39.4 Å². The van der Waals surface area contributed by atoms with Crippen LogP contribution in [-0.2, 0) is 6.54 Å². The molecule has 120 valence electrons. The highest BCUT2D eigenvalue weighted by molar-refractivity contribution is 5.27. The SMILES string of the molecule is CC(C)CNCc1coc(N2CCC(C(F)(F)F)CC2)n1. The molecule has 0 radical (unpaired) electrons. The highest BCUT2D eigenvalue weighted by Crippen LogP contribution is 2.35. The van der Waals surface area contributed by atoms with Crippen LogP contribution in [0.5, 0.6) is 0 Å². The van der Waals surface area contributed by atoms with Gasteiger partial charge in [0.2, 0.25) is 0 Å². The molecular weight excluding hydrogens is 283 g/mol. The van der Waals surface area contributed by atoms with Gasteiger partial charge in [0, 0.05) is 19.6 Å². The molecule has 1 aliphatic rings. The van der Waals surface area contributed by atoms with Gasteiger partial charge in [-0.15, -0.1) is 0 Å². The molecule has 1 N–H and O–H groups in total. The number of oxazole rings is 1. The Morgan fingerprint density at radius 2 is 2.05 bits per heavy atom. The standard InChI is InChI=1S/C14H22F3N3O/c1-10(2)7-18-8-12-9-21-13(19-12)20-5-3-11(4-6-20)14(15,16)17/h9-11,18H,3-8H2,1-2H3. The molecule has 21 heavy (non-hydrogen) atoms. The fourth-order valence-corrected chi connectivity index (χ4v) is 2.41. The van der Waals surface area contributed by atoms with Crippen molar-refractivity contribution in [3.05, 3.63) is 12.0 Å². The van der Waals surface area contributed by atoms with Gasteiger partial charge in [-0.05, 0) is 25.3 Å². The Bertz CT molecular complexity index is 437. The van der Waals surface area contributed by atoms with Crippen LogP contribution in [0, 0.1) is 11.8 Å². The number of rotatable bonds is 5. The first-order chi connectivity index (χ1) is 9.86. The molecule has 1 aliphatic heterocycles. The van der Waals surface area contributed by atoms with E-state index in [2.05, 4.69) is 24.1 Å². The molecule has 2 rings (SSSR count). The van der Waals surface area contributed by atoms with E-state index in [1.165, 1.54) is 0 Å². The third kappa shape index (κ3) is 4.62. The lowest BCUT2D eigenvalue weighted by atomic mass is 9.97. The molecule has 0 amide bonds. The molecule has 0 aromatic carbocycles. The van der Waals surface area contributed by atoms with Gasteiger partial charge in [0.15, 0.2) is 0 Å². The molecule has 0 saturated carbocycles. The van der Waals surface area contributed by atoms with Crippen LogP contribution in [0.15, 0.2) is 10.7 Å². The first-order valence-corrected chi connectivity index (χ1v) is 7.33. The minimum atomic E-state index is -4.09. The summed E-state index contributed by atoms with van der Waals surface area (Å²) >= 11 is 0. The molecule has 2 heterocycles. The number of piperidine rings is 1. The number of alkyl halides is 3. The van der Waals surface area contributed by atoms with Crippen molar-refractivity contribution < 1.29 is 17.6 Å². The molecule has 1 saturated heterocycles. The second-order valence-corrected chi connectivity index (χ2v) is 5.95. The zero-order valence-electron chi connectivity index (χ0n) is 12.4. The topological polar surface area (TPSA) is 41.3 Å². The van der Waals surface area contributed by atoms with Gasteiger partial charge in [-0.2, -0.15) is 18.2 Å². The van der Waals surface area contributed by atoms with Crippen LogP contribution in [0.4, 0.5) is 19.2 Å². The lowest BCUT2D eigenvalue weighted by Crippen LogP contribution is -2.39. The van der Waals surface area contributed by atoms with Crippen LogP contribution >= 0.6 is 0 Å². The van der Waals surface area contributed by atoms with Gasteiger partial charge in [0.25, 0.3) is 6.01 Å². The van der Waals surface area contributed by atoms with Crippen molar-refractivity contribution in [2.24, 2.45) is 11.8 Å². The summed E-state index contributed by atoms with van der Waals surface area (Å²) in [5.41, 5.74) is 0.781. The van der Waals surface area contributed by atoms with E-state index in [9.17, 15) is 13.2 Å². The zero-order valence-corrected chi connectivity index (χ0v) is 12.4. The zero-order chi connectivity index (χ0) is 15.5. The summed E-state index contributed by atoms with van der Waals surface area (Å²) in [5.74, 6) is -0.645. The van der Waals surface area contributed by atoms with Gasteiger partial charge in [-0.1, -0.05) is 13.8 Å². The second kappa shape index (κ2) is 6.68. The molecule has 4 nitrogen and oxygen atoms in total. The van der Waals surface area contributed by atoms with Crippen molar-refractivity contribution in [3.8, 4) is 0 Å². The van der Waals surface area contributed by atoms with E-state index in [1.807, 2.05) is 0 Å². The molecule has 0 unspecified atom stereocenters. The van der Waals surface area contributed by atoms with Crippen molar-refractivity contribution in [1.29, 1.82) is 0 Å². The predicted octanol–water partition coefficient (Wildman–Crippen LogP) is 3.20. The van der Waals surface area contributed by atoms with Crippen molar-refractivity contribution in [1.82, 2.24) is 10.3 Å². The average Bonchev–Trinajstić information content (AvgIpc) is 2.86. The molecule has 1 aromatic heterocycles. The highest BCUT2D eigenvalue weighted by atomic mass is 19.4. The van der Waals surface area contributed by atoms with Gasteiger partial charge in [-0.3, -0.25) is 0 Å². The molecule has 1 aromatic rings. The van der Waals surface area contributed by atoms with E-state index in [1.54, 1.807) is 11.2 Å². The first-order valence-electron chi connectivity index (χ1n) is 7.33. The third-order valence-corrected chi connectivity index (χ3v) is 3.63. The second-order valence-electron chi connectivity index (χ2n) is 5.95. The lowest BCUT2D eigenvalue weighted by molar-refractivity contribution is -0.179. The number of anilines is 1. The van der Waals surface area contributed by atoms with Gasteiger partial charge in [0.1, 0.15) is 6.26 Å². The Balaban J connectivity index is 1.83. The number of halogens is 3. The van der Waals surface area contributed by atoms with Crippen molar-refractivity contribution in [3.63, 3.8) is 0 Å². The summed E-state index contributed by atoms with van der Waals surface area (Å²) in [7, 11) is 0. The highest BCUT2D eigenvalue weighted by Gasteiger charge is 2.41. The van der Waals surface area contributed by atoms with E-state index in [4.69, 9.17) is 4.42 Å². The maximum Gasteiger partial charge on any atom is 0.391 e. The smallest absolute Gasteiger partial charge is 0.391 e. The van der Waals surface area contributed by atoms with Crippen molar-refractivity contribution >= 4 is 6.01 Å². The number of hydrogen-bond donors (Lipinski definition) is 1. The fourth-order valence-electron chi connectivity index (χ4n) is 2.41. The minimum absolute atomic E-state index is 0.104. The molecule has 1 fully saturated rings. The predicted molar refractivity (Wildman–Crippen MR) is 74.0 cm³/mol. The summed E-state index contributed by atoms with van der Waals surface area (Å²) in [4.78, 5) is 6.12. The maximum absolute atomic E-state index is 12.6. The fraction of sp³-hybridized carbons (Fsp3) is 0.786. The largest absolute Gasteiger partial charge is 0.432 e. The monoisotopic (exact) mass is 305 g/mol. The summed E-state index contributed by atoms with van der Waals surface area (Å²) in [6.07, 6.45) is -2.31. The lowest BCUT2D eigenvalue weighted by Gasteiger charge is -2.31. The van der Waals surface area contributed by atoms with Crippen LogP contribution < -0.4 is 10.2 Å². The normalized spacial score (nSPS) is 17.7. The maximum atomic E-state index is 12.6. The van der Waals surface area contributed by atoms with Crippen LogP contribution in [0.3, 0.4) is 0 Å². The number of nitrogens with zero attached hydrogens (tertiary/aromatic N) is 2. The summed E-state index contributed by atoms with van der Waals surface area (Å²) < 4.78 is 43.2. The molecule has 0 bridgehead atoms. The van der Waals surface area contributed by atoms with E-state index < -0.39 is 12.1 Å². The van der Waals surface area contributed by atoms with E-state index in [0.29, 0.717) is 31.6 Å². The number of aromatic nitrogens is 1. The van der Waals surface area contributed by atoms with Crippen LogP contribution in [0.25, 0.3) is 0 Å². The Morgan fingerprint density at radius 3 is 2.62 bits per heavy atom. The van der Waals surface area contributed by atoms with Crippen LogP contribution in [0.2, 0.25) is 0 Å². The Labute approximate surface area is 122 Å². The van der Waals surface area contributed by atoms with Gasteiger partial charge in [-0.25, -0.2) is 0 Å². The third-order valence-electron chi connectivity index (χ3n) is 3.63. The van der Waals surface area contributed by atoms with E-state index >= 15 is 0 Å². The van der Waals surface area contributed by atoms with Crippen molar-refractivity contribution in [2.75, 3.05) is 24.5 Å². The van der Waals surface area contributed by atoms with E-state index in [-0.39, 0.29) is 12.8 Å². The average molecular weight is 305 g/mol. The molecular formula is C14H22F3N3O. The van der Waals surface area contributed by atoms with Gasteiger partial charge in [0.05, 0.1) is 11.6 Å². The summed E-state index contributed by atoms with van der Waals surface area (Å²) in [6, 6.07) is 0.428. The first kappa shape index (κ1) is 16.1. The van der Waals surface area contributed by atoms with Gasteiger partial charge >= 0.3 is 6.18 Å². The van der Waals surface area contributed by atoms with Gasteiger partial charge < -0.3 is 14.6 Å². The quantitative estimate of drug-likeness (QED) is 0.907. The molecule has 0 spiro atoms. The molecule has 7 heteroatoms. The minimum Gasteiger partial charge on any atom is -0.432 e.